The molecule has 0 radical (unpaired) electrons. The molecule has 0 saturated carbocycles. The molecule has 1 aromatic carbocycles. The van der Waals surface area contributed by atoms with Gasteiger partial charge in [-0.05, 0) is 37.3 Å². The average Bonchev–Trinajstić information content (AvgIpc) is 3.22. The number of aromatic nitrogens is 3. The van der Waals surface area contributed by atoms with Crippen LogP contribution in [0.25, 0.3) is 20.8 Å². The van der Waals surface area contributed by atoms with Gasteiger partial charge in [-0.15, -0.1) is 11.3 Å². The van der Waals surface area contributed by atoms with Gasteiger partial charge in [0.1, 0.15) is 16.0 Å². The van der Waals surface area contributed by atoms with Crippen molar-refractivity contribution < 1.29 is 9.84 Å². The zero-order valence-corrected chi connectivity index (χ0v) is 20.3. The second-order valence-corrected chi connectivity index (χ2v) is 9.00. The number of hydrogen-bond donors (Lipinski definition) is 3. The number of aliphatic hydroxyl groups excluding tert-OH is 1. The van der Waals surface area contributed by atoms with Crippen LogP contribution in [0.5, 0.6) is 0 Å². The molecule has 1 atom stereocenters. The zero-order valence-electron chi connectivity index (χ0n) is 18.7. The molecule has 2 heterocycles. The summed E-state index contributed by atoms with van der Waals surface area (Å²) in [5.41, 5.74) is 1.64. The van der Waals surface area contributed by atoms with E-state index in [1.165, 1.54) is 0 Å². The lowest BCUT2D eigenvalue weighted by Gasteiger charge is -2.15. The number of fused-ring (bicyclic) bond motifs is 1. The summed E-state index contributed by atoms with van der Waals surface area (Å²) in [4.78, 5) is 13.9. The number of nitrogens with zero attached hydrogens (tertiary/aromatic N) is 3. The summed E-state index contributed by atoms with van der Waals surface area (Å²) in [6.45, 7) is 7.21. The van der Waals surface area contributed by atoms with Crippen LogP contribution >= 0.6 is 22.9 Å². The first-order valence-electron chi connectivity index (χ1n) is 11.3. The molecule has 7 nitrogen and oxygen atoms in total. The van der Waals surface area contributed by atoms with Crippen molar-refractivity contribution in [2.45, 2.75) is 39.5 Å². The Morgan fingerprint density at radius 2 is 1.94 bits per heavy atom. The van der Waals surface area contributed by atoms with Gasteiger partial charge >= 0.3 is 0 Å². The summed E-state index contributed by atoms with van der Waals surface area (Å²) in [6.07, 6.45) is 3.65. The molecule has 0 amide bonds. The fraction of sp³-hybridized carbons (Fsp3) is 0.522. The quantitative estimate of drug-likeness (QED) is 0.210. The van der Waals surface area contributed by atoms with Crippen LogP contribution in [0.15, 0.2) is 24.3 Å². The molecule has 3 aromatic rings. The van der Waals surface area contributed by atoms with E-state index in [2.05, 4.69) is 29.5 Å². The Kier molecular flexibility index (Phi) is 9.92. The zero-order chi connectivity index (χ0) is 22.8. The number of anilines is 2. The predicted molar refractivity (Wildman–Crippen MR) is 134 cm³/mol. The van der Waals surface area contributed by atoms with Crippen molar-refractivity contribution in [3.05, 3.63) is 29.4 Å². The predicted octanol–water partition coefficient (Wildman–Crippen LogP) is 5.46. The Labute approximate surface area is 198 Å². The number of hydrogen-bond acceptors (Lipinski definition) is 8. The van der Waals surface area contributed by atoms with Gasteiger partial charge in [0.05, 0.1) is 15.8 Å². The molecule has 0 aliphatic carbocycles. The van der Waals surface area contributed by atoms with Crippen molar-refractivity contribution in [2.75, 3.05) is 43.5 Å². The van der Waals surface area contributed by atoms with Crippen LogP contribution in [0.1, 0.15) is 39.5 Å². The third-order valence-electron chi connectivity index (χ3n) is 5.15. The van der Waals surface area contributed by atoms with E-state index in [1.807, 2.05) is 24.3 Å². The second-order valence-electron chi connectivity index (χ2n) is 7.61. The van der Waals surface area contributed by atoms with Crippen LogP contribution in [-0.4, -0.2) is 53.0 Å². The van der Waals surface area contributed by atoms with Gasteiger partial charge in [0.15, 0.2) is 0 Å². The lowest BCUT2D eigenvalue weighted by Crippen LogP contribution is -2.15. The number of thiazole rings is 1. The van der Waals surface area contributed by atoms with Gasteiger partial charge in [-0.2, -0.15) is 4.98 Å². The van der Waals surface area contributed by atoms with E-state index in [-0.39, 0.29) is 12.5 Å². The van der Waals surface area contributed by atoms with Gasteiger partial charge in [-0.1, -0.05) is 44.0 Å². The average molecular weight is 478 g/mol. The van der Waals surface area contributed by atoms with Gasteiger partial charge in [0, 0.05) is 32.9 Å². The van der Waals surface area contributed by atoms with E-state index in [0.717, 1.165) is 47.5 Å². The minimum Gasteiger partial charge on any atom is -0.396 e. The highest BCUT2D eigenvalue weighted by atomic mass is 35.5. The molecule has 0 saturated heterocycles. The molecule has 174 valence electrons. The molecule has 1 unspecified atom stereocenters. The van der Waals surface area contributed by atoms with Crippen LogP contribution in [0.3, 0.4) is 0 Å². The molecule has 3 rings (SSSR count). The normalized spacial score (nSPS) is 12.2. The molecule has 0 aliphatic rings. The highest BCUT2D eigenvalue weighted by Crippen LogP contribution is 2.38. The summed E-state index contributed by atoms with van der Waals surface area (Å²) in [6, 6.07) is 8.00. The van der Waals surface area contributed by atoms with Crippen LogP contribution in [0, 0.1) is 5.92 Å². The number of aliphatic hydroxyl groups is 1. The SMILES string of the molecule is CCCOCCCNc1nc(Cl)c(-c2nc3ccccc3s2)c(NCCC(CC)CO)n1. The smallest absolute Gasteiger partial charge is 0.226 e. The van der Waals surface area contributed by atoms with E-state index in [0.29, 0.717) is 42.2 Å². The van der Waals surface area contributed by atoms with Gasteiger partial charge in [-0.25, -0.2) is 9.97 Å². The molecule has 0 fully saturated rings. The molecule has 32 heavy (non-hydrogen) atoms. The Hall–Kier alpha value is -2.00. The largest absolute Gasteiger partial charge is 0.396 e. The number of rotatable bonds is 14. The lowest BCUT2D eigenvalue weighted by molar-refractivity contribution is 0.134. The monoisotopic (exact) mass is 477 g/mol. The summed E-state index contributed by atoms with van der Waals surface area (Å²) in [5, 5.41) is 17.3. The first kappa shape index (κ1) is 24.6. The molecular weight excluding hydrogens is 446 g/mol. The minimum atomic E-state index is 0.181. The Bertz CT molecular complexity index is 947. The van der Waals surface area contributed by atoms with Gasteiger partial charge in [-0.3, -0.25) is 0 Å². The molecular formula is C23H32ClN5O2S. The van der Waals surface area contributed by atoms with Gasteiger partial charge in [0.2, 0.25) is 5.95 Å². The molecule has 0 bridgehead atoms. The number of halogens is 1. The highest BCUT2D eigenvalue weighted by Gasteiger charge is 2.19. The second kappa shape index (κ2) is 12.9. The van der Waals surface area contributed by atoms with E-state index in [1.54, 1.807) is 11.3 Å². The van der Waals surface area contributed by atoms with Crippen molar-refractivity contribution in [3.8, 4) is 10.6 Å². The van der Waals surface area contributed by atoms with Crippen molar-refractivity contribution in [1.29, 1.82) is 0 Å². The molecule has 2 aromatic heterocycles. The fourth-order valence-electron chi connectivity index (χ4n) is 3.25. The number of ether oxygens (including phenoxy) is 1. The molecule has 0 spiro atoms. The van der Waals surface area contributed by atoms with Crippen molar-refractivity contribution >= 4 is 44.9 Å². The van der Waals surface area contributed by atoms with Gasteiger partial charge in [0.25, 0.3) is 0 Å². The molecule has 9 heteroatoms. The molecule has 3 N–H and O–H groups in total. The maximum Gasteiger partial charge on any atom is 0.226 e. The summed E-state index contributed by atoms with van der Waals surface area (Å²) in [7, 11) is 0. The van der Waals surface area contributed by atoms with Crippen LogP contribution in [0.2, 0.25) is 5.15 Å². The van der Waals surface area contributed by atoms with Crippen molar-refractivity contribution in [2.24, 2.45) is 5.92 Å². The maximum absolute atomic E-state index is 9.50. The van der Waals surface area contributed by atoms with E-state index < -0.39 is 0 Å². The first-order valence-corrected chi connectivity index (χ1v) is 12.5. The Balaban J connectivity index is 1.80. The number of benzene rings is 1. The lowest BCUT2D eigenvalue weighted by atomic mass is 10.0. The Morgan fingerprint density at radius 3 is 2.69 bits per heavy atom. The summed E-state index contributed by atoms with van der Waals surface area (Å²) >= 11 is 8.21. The van der Waals surface area contributed by atoms with E-state index >= 15 is 0 Å². The maximum atomic E-state index is 9.50. The van der Waals surface area contributed by atoms with Crippen LogP contribution < -0.4 is 10.6 Å². The summed E-state index contributed by atoms with van der Waals surface area (Å²) in [5.74, 6) is 1.39. The molecule has 0 aliphatic heterocycles. The highest BCUT2D eigenvalue weighted by molar-refractivity contribution is 7.21. The summed E-state index contributed by atoms with van der Waals surface area (Å²) < 4.78 is 6.61. The fourth-order valence-corrected chi connectivity index (χ4v) is 4.58. The van der Waals surface area contributed by atoms with Crippen molar-refractivity contribution in [1.82, 2.24) is 15.0 Å². The standard InChI is InChI=1S/C23H32ClN5O2S/c1-3-13-31-14-7-11-26-23-28-20(24)19(21(29-23)25-12-10-16(4-2)15-30)22-27-17-8-5-6-9-18(17)32-22/h5-6,8-9,16,30H,3-4,7,10-15H2,1-2H3,(H2,25,26,28,29). The topological polar surface area (TPSA) is 92.2 Å². The van der Waals surface area contributed by atoms with Crippen LogP contribution in [-0.2, 0) is 4.74 Å². The first-order chi connectivity index (χ1) is 15.7. The Morgan fingerprint density at radius 1 is 1.09 bits per heavy atom. The van der Waals surface area contributed by atoms with E-state index in [4.69, 9.17) is 26.3 Å². The van der Waals surface area contributed by atoms with Crippen LogP contribution in [0.4, 0.5) is 11.8 Å². The van der Waals surface area contributed by atoms with Gasteiger partial charge < -0.3 is 20.5 Å². The third kappa shape index (κ3) is 6.75. The number of para-hydroxylation sites is 1. The third-order valence-corrected chi connectivity index (χ3v) is 6.48. The minimum absolute atomic E-state index is 0.181. The number of nitrogens with one attached hydrogen (secondary N) is 2. The van der Waals surface area contributed by atoms with E-state index in [9.17, 15) is 5.11 Å². The van der Waals surface area contributed by atoms with Crippen molar-refractivity contribution in [3.63, 3.8) is 0 Å².